The van der Waals surface area contributed by atoms with Crippen LogP contribution in [0, 0.1) is 0 Å². The molecule has 0 fully saturated rings. The second-order valence-corrected chi connectivity index (χ2v) is 4.80. The van der Waals surface area contributed by atoms with Crippen molar-refractivity contribution in [2.75, 3.05) is 0 Å². The Bertz CT molecular complexity index is 459. The maximum Gasteiger partial charge on any atom is 0.187 e. The molecule has 0 aromatic heterocycles. The summed E-state index contributed by atoms with van der Waals surface area (Å²) in [5.74, 6) is -0.0913. The lowest BCUT2D eigenvalue weighted by atomic mass is 9.91. The molecule has 1 unspecified atom stereocenters. The van der Waals surface area contributed by atoms with Gasteiger partial charge in [0.25, 0.3) is 0 Å². The third-order valence-electron chi connectivity index (χ3n) is 2.51. The van der Waals surface area contributed by atoms with Crippen LogP contribution in [0.1, 0.15) is 16.8 Å². The van der Waals surface area contributed by atoms with Gasteiger partial charge in [0.1, 0.15) is 4.87 Å². The minimum atomic E-state index is -0.942. The minimum absolute atomic E-state index is 0.0913. The van der Waals surface area contributed by atoms with Crippen molar-refractivity contribution in [3.8, 4) is 0 Å². The number of alkyl halides is 1. The molecular formula is C13H10Cl2O. The lowest BCUT2D eigenvalue weighted by Gasteiger charge is -2.22. The summed E-state index contributed by atoms with van der Waals surface area (Å²) in [7, 11) is 0. The highest BCUT2D eigenvalue weighted by atomic mass is 35.5. The number of hydrogen-bond donors (Lipinski definition) is 0. The molecule has 0 heterocycles. The topological polar surface area (TPSA) is 17.1 Å². The van der Waals surface area contributed by atoms with E-state index >= 15 is 0 Å². The highest BCUT2D eigenvalue weighted by Crippen LogP contribution is 2.30. The molecule has 0 aliphatic heterocycles. The van der Waals surface area contributed by atoms with Crippen LogP contribution in [0.15, 0.2) is 48.6 Å². The van der Waals surface area contributed by atoms with Crippen LogP contribution in [0.4, 0.5) is 0 Å². The Morgan fingerprint density at radius 3 is 2.44 bits per heavy atom. The lowest BCUT2D eigenvalue weighted by molar-refractivity contribution is 0.0959. The predicted octanol–water partition coefficient (Wildman–Crippen LogP) is 4.02. The summed E-state index contributed by atoms with van der Waals surface area (Å²) in [6, 6.07) is 6.77. The molecule has 1 aliphatic carbocycles. The van der Waals surface area contributed by atoms with Gasteiger partial charge in [0.05, 0.1) is 0 Å². The van der Waals surface area contributed by atoms with Gasteiger partial charge in [-0.1, -0.05) is 35.9 Å². The summed E-state index contributed by atoms with van der Waals surface area (Å²) >= 11 is 12.0. The third-order valence-corrected chi connectivity index (χ3v) is 3.21. The van der Waals surface area contributed by atoms with Gasteiger partial charge in [-0.25, -0.2) is 0 Å². The second kappa shape index (κ2) is 4.44. The van der Waals surface area contributed by atoms with Crippen molar-refractivity contribution in [3.05, 3.63) is 59.2 Å². The van der Waals surface area contributed by atoms with E-state index < -0.39 is 4.87 Å². The van der Waals surface area contributed by atoms with Crippen LogP contribution in [0.5, 0.6) is 0 Å². The van der Waals surface area contributed by atoms with Crippen molar-refractivity contribution >= 4 is 29.0 Å². The quantitative estimate of drug-likeness (QED) is 0.574. The Labute approximate surface area is 104 Å². The van der Waals surface area contributed by atoms with Gasteiger partial charge < -0.3 is 0 Å². The van der Waals surface area contributed by atoms with Gasteiger partial charge in [0.15, 0.2) is 5.78 Å². The van der Waals surface area contributed by atoms with E-state index in [1.54, 1.807) is 36.4 Å². The van der Waals surface area contributed by atoms with E-state index in [1.165, 1.54) is 0 Å². The molecule has 0 bridgehead atoms. The number of rotatable bonds is 2. The second-order valence-electron chi connectivity index (χ2n) is 3.69. The summed E-state index contributed by atoms with van der Waals surface area (Å²) in [5, 5.41) is 0.610. The molecule has 1 aromatic carbocycles. The molecule has 0 radical (unpaired) electrons. The van der Waals surface area contributed by atoms with Crippen LogP contribution in [0.2, 0.25) is 5.02 Å². The van der Waals surface area contributed by atoms with Crippen molar-refractivity contribution in [3.63, 3.8) is 0 Å². The molecular weight excluding hydrogens is 243 g/mol. The number of Topliss-reactive ketones (excluding diaryl/α,β-unsaturated/α-hetero) is 1. The van der Waals surface area contributed by atoms with Crippen LogP contribution in [0.3, 0.4) is 0 Å². The van der Waals surface area contributed by atoms with Crippen molar-refractivity contribution in [1.29, 1.82) is 0 Å². The van der Waals surface area contributed by atoms with Gasteiger partial charge in [-0.05, 0) is 30.7 Å². The van der Waals surface area contributed by atoms with Crippen LogP contribution in [-0.2, 0) is 0 Å². The van der Waals surface area contributed by atoms with Crippen molar-refractivity contribution < 1.29 is 4.79 Å². The van der Waals surface area contributed by atoms with Gasteiger partial charge >= 0.3 is 0 Å². The van der Waals surface area contributed by atoms with Crippen LogP contribution >= 0.6 is 23.2 Å². The van der Waals surface area contributed by atoms with E-state index in [-0.39, 0.29) is 5.78 Å². The molecule has 0 saturated carbocycles. The highest BCUT2D eigenvalue weighted by molar-refractivity contribution is 6.39. The number of halogens is 2. The number of hydrogen-bond acceptors (Lipinski definition) is 1. The Morgan fingerprint density at radius 1 is 1.19 bits per heavy atom. The van der Waals surface area contributed by atoms with E-state index in [1.807, 2.05) is 12.2 Å². The largest absolute Gasteiger partial charge is 0.292 e. The smallest absolute Gasteiger partial charge is 0.187 e. The van der Waals surface area contributed by atoms with Gasteiger partial charge in [-0.3, -0.25) is 4.79 Å². The van der Waals surface area contributed by atoms with E-state index in [9.17, 15) is 4.79 Å². The Morgan fingerprint density at radius 2 is 1.88 bits per heavy atom. The van der Waals surface area contributed by atoms with Crippen molar-refractivity contribution in [1.82, 2.24) is 0 Å². The molecule has 1 aliphatic rings. The fraction of sp³-hybridized carbons (Fsp3) is 0.154. The van der Waals surface area contributed by atoms with E-state index in [0.717, 1.165) is 0 Å². The summed E-state index contributed by atoms with van der Waals surface area (Å²) in [6.07, 6.45) is 7.82. The van der Waals surface area contributed by atoms with Crippen LogP contribution in [0.25, 0.3) is 0 Å². The summed E-state index contributed by atoms with van der Waals surface area (Å²) in [4.78, 5) is 11.2. The van der Waals surface area contributed by atoms with Crippen LogP contribution in [-0.4, -0.2) is 10.7 Å². The predicted molar refractivity (Wildman–Crippen MR) is 67.3 cm³/mol. The average molecular weight is 253 g/mol. The molecule has 1 atom stereocenters. The van der Waals surface area contributed by atoms with Gasteiger partial charge in [-0.15, -0.1) is 11.6 Å². The number of ketones is 1. The van der Waals surface area contributed by atoms with Crippen molar-refractivity contribution in [2.24, 2.45) is 0 Å². The molecule has 0 N–H and O–H groups in total. The molecule has 82 valence electrons. The molecule has 1 aromatic rings. The fourth-order valence-electron chi connectivity index (χ4n) is 1.60. The van der Waals surface area contributed by atoms with Crippen LogP contribution < -0.4 is 0 Å². The Balaban J connectivity index is 2.28. The molecule has 3 heteroatoms. The zero-order chi connectivity index (χ0) is 11.6. The maximum absolute atomic E-state index is 12.2. The molecule has 1 nitrogen and oxygen atoms in total. The number of benzene rings is 1. The van der Waals surface area contributed by atoms with E-state index in [2.05, 4.69) is 0 Å². The van der Waals surface area contributed by atoms with Gasteiger partial charge in [0.2, 0.25) is 0 Å². The minimum Gasteiger partial charge on any atom is -0.292 e. The maximum atomic E-state index is 12.2. The normalized spacial score (nSPS) is 23.4. The standard InChI is InChI=1S/C13H10Cl2O/c14-11-6-4-10(5-7-11)12(16)13(15)8-2-1-3-9-13/h1-8H,9H2. The lowest BCUT2D eigenvalue weighted by Crippen LogP contribution is -2.30. The first kappa shape index (κ1) is 11.4. The monoisotopic (exact) mass is 252 g/mol. The average Bonchev–Trinajstić information content (AvgIpc) is 2.30. The molecule has 16 heavy (non-hydrogen) atoms. The fourth-order valence-corrected chi connectivity index (χ4v) is 2.00. The highest BCUT2D eigenvalue weighted by Gasteiger charge is 2.33. The summed E-state index contributed by atoms with van der Waals surface area (Å²) in [6.45, 7) is 0. The Hall–Kier alpha value is -1.05. The third kappa shape index (κ3) is 2.21. The van der Waals surface area contributed by atoms with Crippen molar-refractivity contribution in [2.45, 2.75) is 11.3 Å². The van der Waals surface area contributed by atoms with E-state index in [4.69, 9.17) is 23.2 Å². The molecule has 0 amide bonds. The summed E-state index contributed by atoms with van der Waals surface area (Å²) in [5.41, 5.74) is 0.583. The first-order valence-electron chi connectivity index (χ1n) is 4.95. The molecule has 0 spiro atoms. The zero-order valence-electron chi connectivity index (χ0n) is 8.49. The van der Waals surface area contributed by atoms with E-state index in [0.29, 0.717) is 17.0 Å². The Kier molecular flexibility index (Phi) is 3.17. The first-order chi connectivity index (χ1) is 7.62. The number of allylic oxidation sites excluding steroid dienone is 4. The molecule has 0 saturated heterocycles. The summed E-state index contributed by atoms with van der Waals surface area (Å²) < 4.78 is 0. The molecule has 2 rings (SSSR count). The zero-order valence-corrected chi connectivity index (χ0v) is 10.0. The number of carbonyl (C=O) groups excluding carboxylic acids is 1. The van der Waals surface area contributed by atoms with Gasteiger partial charge in [-0.2, -0.15) is 0 Å². The van der Waals surface area contributed by atoms with Gasteiger partial charge in [0, 0.05) is 10.6 Å². The SMILES string of the molecule is O=C(c1ccc(Cl)cc1)C1(Cl)C=CC=CC1. The first-order valence-corrected chi connectivity index (χ1v) is 5.71. The number of carbonyl (C=O) groups is 1.